The van der Waals surface area contributed by atoms with Gasteiger partial charge in [-0.25, -0.2) is 0 Å². The van der Waals surface area contributed by atoms with E-state index in [1.807, 2.05) is 61.5 Å². The SMILES string of the molecule is COc1ccccc1NC(=O)C(C)Sc1ccc(NC(=O)/C(=C/c2ccc(C(C)C)cc2)NC(=O)c2ccccc2)cc1. The maximum atomic E-state index is 13.4. The fraction of sp³-hybridized carbons (Fsp3) is 0.171. The molecule has 4 aromatic rings. The number of ether oxygens (including phenoxy) is 1. The van der Waals surface area contributed by atoms with Crippen LogP contribution in [0.15, 0.2) is 114 Å². The molecule has 0 fully saturated rings. The Morgan fingerprint density at radius 3 is 2.07 bits per heavy atom. The largest absolute Gasteiger partial charge is 0.495 e. The van der Waals surface area contributed by atoms with Crippen LogP contribution in [0.4, 0.5) is 11.4 Å². The summed E-state index contributed by atoms with van der Waals surface area (Å²) in [6.07, 6.45) is 1.66. The first-order chi connectivity index (χ1) is 20.7. The number of thioether (sulfide) groups is 1. The van der Waals surface area contributed by atoms with Crippen molar-refractivity contribution in [2.24, 2.45) is 0 Å². The monoisotopic (exact) mass is 593 g/mol. The summed E-state index contributed by atoms with van der Waals surface area (Å²) in [5.74, 6) is -0.0223. The molecule has 220 valence electrons. The van der Waals surface area contributed by atoms with E-state index in [9.17, 15) is 14.4 Å². The van der Waals surface area contributed by atoms with Gasteiger partial charge in [-0.05, 0) is 78.6 Å². The minimum Gasteiger partial charge on any atom is -0.495 e. The molecule has 4 rings (SSSR count). The van der Waals surface area contributed by atoms with Crippen molar-refractivity contribution in [1.29, 1.82) is 0 Å². The molecule has 7 nitrogen and oxygen atoms in total. The maximum Gasteiger partial charge on any atom is 0.272 e. The highest BCUT2D eigenvalue weighted by Crippen LogP contribution is 2.28. The second-order valence-corrected chi connectivity index (χ2v) is 11.5. The van der Waals surface area contributed by atoms with E-state index >= 15 is 0 Å². The molecule has 0 spiro atoms. The number of hydrogen-bond donors (Lipinski definition) is 3. The topological polar surface area (TPSA) is 96.5 Å². The predicted octanol–water partition coefficient (Wildman–Crippen LogP) is 7.35. The standard InChI is InChI=1S/C35H35N3O4S/c1-23(2)26-16-14-25(15-17-26)22-31(38-34(40)27-10-6-5-7-11-27)35(41)36-28-18-20-29(21-19-28)43-24(3)33(39)37-30-12-8-9-13-32(30)42-4/h5-24H,1-4H3,(H,36,41)(H,37,39)(H,38,40)/b31-22-. The van der Waals surface area contributed by atoms with Crippen molar-refractivity contribution < 1.29 is 19.1 Å². The van der Waals surface area contributed by atoms with Gasteiger partial charge in [0.25, 0.3) is 11.8 Å². The quantitative estimate of drug-likeness (QED) is 0.125. The summed E-state index contributed by atoms with van der Waals surface area (Å²) < 4.78 is 5.31. The zero-order valence-corrected chi connectivity index (χ0v) is 25.4. The lowest BCUT2D eigenvalue weighted by Crippen LogP contribution is -2.30. The summed E-state index contributed by atoms with van der Waals surface area (Å²) in [6, 6.07) is 31.1. The van der Waals surface area contributed by atoms with Gasteiger partial charge in [0.15, 0.2) is 0 Å². The Morgan fingerprint density at radius 2 is 1.42 bits per heavy atom. The van der Waals surface area contributed by atoms with Crippen LogP contribution >= 0.6 is 11.8 Å². The number of para-hydroxylation sites is 2. The van der Waals surface area contributed by atoms with E-state index < -0.39 is 5.91 Å². The highest BCUT2D eigenvalue weighted by molar-refractivity contribution is 8.00. The van der Waals surface area contributed by atoms with Crippen LogP contribution in [0.1, 0.15) is 48.2 Å². The van der Waals surface area contributed by atoms with Gasteiger partial charge in [-0.3, -0.25) is 14.4 Å². The molecule has 1 atom stereocenters. The van der Waals surface area contributed by atoms with E-state index in [2.05, 4.69) is 29.8 Å². The lowest BCUT2D eigenvalue weighted by Gasteiger charge is -2.15. The van der Waals surface area contributed by atoms with Crippen LogP contribution in [0.2, 0.25) is 0 Å². The zero-order chi connectivity index (χ0) is 30.8. The summed E-state index contributed by atoms with van der Waals surface area (Å²) in [5, 5.41) is 8.17. The van der Waals surface area contributed by atoms with Gasteiger partial charge < -0.3 is 20.7 Å². The Labute approximate surface area is 256 Å². The number of methoxy groups -OCH3 is 1. The summed E-state index contributed by atoms with van der Waals surface area (Å²) in [7, 11) is 1.56. The first-order valence-corrected chi connectivity index (χ1v) is 14.8. The van der Waals surface area contributed by atoms with Gasteiger partial charge in [0.05, 0.1) is 18.0 Å². The van der Waals surface area contributed by atoms with Crippen molar-refractivity contribution in [1.82, 2.24) is 5.32 Å². The molecular formula is C35H35N3O4S. The van der Waals surface area contributed by atoms with Crippen LogP contribution in [-0.2, 0) is 9.59 Å². The molecule has 0 radical (unpaired) electrons. The van der Waals surface area contributed by atoms with Gasteiger partial charge in [0.1, 0.15) is 11.4 Å². The van der Waals surface area contributed by atoms with Gasteiger partial charge in [-0.1, -0.05) is 68.4 Å². The molecule has 0 aliphatic carbocycles. The van der Waals surface area contributed by atoms with Crippen LogP contribution in [0.25, 0.3) is 6.08 Å². The van der Waals surface area contributed by atoms with Crippen molar-refractivity contribution in [2.75, 3.05) is 17.7 Å². The zero-order valence-electron chi connectivity index (χ0n) is 24.6. The second kappa shape index (κ2) is 14.9. The molecule has 43 heavy (non-hydrogen) atoms. The minimum absolute atomic E-state index is 0.117. The normalized spacial score (nSPS) is 11.9. The van der Waals surface area contributed by atoms with Crippen molar-refractivity contribution in [3.63, 3.8) is 0 Å². The smallest absolute Gasteiger partial charge is 0.272 e. The molecule has 3 N–H and O–H groups in total. The van der Waals surface area contributed by atoms with Crippen LogP contribution in [-0.4, -0.2) is 30.1 Å². The number of anilines is 2. The van der Waals surface area contributed by atoms with E-state index in [1.165, 1.54) is 17.3 Å². The minimum atomic E-state index is -0.456. The van der Waals surface area contributed by atoms with Crippen molar-refractivity contribution in [3.8, 4) is 5.75 Å². The molecule has 0 saturated heterocycles. The number of carbonyl (C=O) groups excluding carboxylic acids is 3. The Kier molecular flexibility index (Phi) is 10.8. The van der Waals surface area contributed by atoms with Crippen molar-refractivity contribution in [3.05, 3.63) is 126 Å². The molecule has 0 aromatic heterocycles. The molecule has 0 bridgehead atoms. The average Bonchev–Trinajstić information content (AvgIpc) is 3.02. The Bertz CT molecular complexity index is 1580. The van der Waals surface area contributed by atoms with E-state index in [0.29, 0.717) is 28.6 Å². The van der Waals surface area contributed by atoms with Gasteiger partial charge in [-0.2, -0.15) is 0 Å². The fourth-order valence-electron chi connectivity index (χ4n) is 4.14. The van der Waals surface area contributed by atoms with Gasteiger partial charge in [-0.15, -0.1) is 11.8 Å². The lowest BCUT2D eigenvalue weighted by molar-refractivity contribution is -0.115. The molecule has 1 unspecified atom stereocenters. The first kappa shape index (κ1) is 31.1. The predicted molar refractivity (Wildman–Crippen MR) is 174 cm³/mol. The average molecular weight is 594 g/mol. The summed E-state index contributed by atoms with van der Waals surface area (Å²) in [6.45, 7) is 6.06. The molecule has 0 saturated carbocycles. The Morgan fingerprint density at radius 1 is 0.767 bits per heavy atom. The number of rotatable bonds is 11. The molecule has 4 aromatic carbocycles. The summed E-state index contributed by atoms with van der Waals surface area (Å²) in [5.41, 5.74) is 3.69. The molecule has 0 aliphatic heterocycles. The number of nitrogens with one attached hydrogen (secondary N) is 3. The van der Waals surface area contributed by atoms with E-state index in [4.69, 9.17) is 4.74 Å². The Balaban J connectivity index is 1.44. The van der Waals surface area contributed by atoms with E-state index in [1.54, 1.807) is 61.7 Å². The van der Waals surface area contributed by atoms with Crippen LogP contribution < -0.4 is 20.7 Å². The molecule has 3 amide bonds. The lowest BCUT2D eigenvalue weighted by atomic mass is 10.0. The van der Waals surface area contributed by atoms with E-state index in [0.717, 1.165) is 10.5 Å². The summed E-state index contributed by atoms with van der Waals surface area (Å²) >= 11 is 1.40. The van der Waals surface area contributed by atoms with Crippen LogP contribution in [0.3, 0.4) is 0 Å². The van der Waals surface area contributed by atoms with Gasteiger partial charge in [0, 0.05) is 16.1 Å². The third-order valence-corrected chi connectivity index (χ3v) is 7.71. The first-order valence-electron chi connectivity index (χ1n) is 13.9. The van der Waals surface area contributed by atoms with Gasteiger partial charge >= 0.3 is 0 Å². The molecule has 0 heterocycles. The number of benzene rings is 4. The second-order valence-electron chi connectivity index (χ2n) is 10.1. The third-order valence-electron chi connectivity index (χ3n) is 6.60. The molecular weight excluding hydrogens is 558 g/mol. The van der Waals surface area contributed by atoms with E-state index in [-0.39, 0.29) is 22.8 Å². The Hall–Kier alpha value is -4.82. The van der Waals surface area contributed by atoms with Crippen molar-refractivity contribution in [2.45, 2.75) is 36.8 Å². The van der Waals surface area contributed by atoms with Crippen molar-refractivity contribution >= 4 is 46.9 Å². The number of amides is 3. The fourth-order valence-corrected chi connectivity index (χ4v) is 5.01. The maximum absolute atomic E-state index is 13.4. The number of hydrogen-bond acceptors (Lipinski definition) is 5. The summed E-state index contributed by atoms with van der Waals surface area (Å²) in [4.78, 5) is 39.9. The number of carbonyl (C=O) groups is 3. The van der Waals surface area contributed by atoms with Crippen LogP contribution in [0, 0.1) is 0 Å². The third kappa shape index (κ3) is 8.83. The highest BCUT2D eigenvalue weighted by atomic mass is 32.2. The molecule has 8 heteroatoms. The molecule has 0 aliphatic rings. The van der Waals surface area contributed by atoms with Gasteiger partial charge in [0.2, 0.25) is 5.91 Å². The highest BCUT2D eigenvalue weighted by Gasteiger charge is 2.18. The van der Waals surface area contributed by atoms with Crippen LogP contribution in [0.5, 0.6) is 5.75 Å².